The molecule has 2 amide bonds. The van der Waals surface area contributed by atoms with E-state index in [9.17, 15) is 9.59 Å². The summed E-state index contributed by atoms with van der Waals surface area (Å²) in [6, 6.07) is 13.4. The fourth-order valence-electron chi connectivity index (χ4n) is 4.17. The van der Waals surface area contributed by atoms with Gasteiger partial charge in [0, 0.05) is 37.5 Å². The third-order valence-corrected chi connectivity index (χ3v) is 6.66. The van der Waals surface area contributed by atoms with Crippen LogP contribution in [0.4, 0.5) is 0 Å². The molecule has 4 aromatic rings. The Hall–Kier alpha value is -4.26. The van der Waals surface area contributed by atoms with E-state index in [1.54, 1.807) is 0 Å². The van der Waals surface area contributed by atoms with E-state index in [-0.39, 0.29) is 29.2 Å². The summed E-state index contributed by atoms with van der Waals surface area (Å²) in [4.78, 5) is 33.6. The minimum absolute atomic E-state index is 0.101. The SMILES string of the molecule is C=NN.CC.NNCc1ccc2c(c1)CCC2NC(=O)c1cc(C(=O)NCc2ccc3cnsc3c2)ncn1. The van der Waals surface area contributed by atoms with Gasteiger partial charge in [-0.15, -0.1) is 0 Å². The van der Waals surface area contributed by atoms with Crippen LogP contribution in [-0.4, -0.2) is 32.9 Å². The zero-order valence-corrected chi connectivity index (χ0v) is 22.8. The van der Waals surface area contributed by atoms with Crippen molar-refractivity contribution in [2.75, 3.05) is 0 Å². The molecule has 12 heteroatoms. The number of hydrazine groups is 1. The van der Waals surface area contributed by atoms with E-state index in [1.807, 2.05) is 50.4 Å². The van der Waals surface area contributed by atoms with Crippen LogP contribution in [0.25, 0.3) is 10.1 Å². The highest BCUT2D eigenvalue weighted by atomic mass is 32.1. The van der Waals surface area contributed by atoms with Gasteiger partial charge in [0.15, 0.2) is 0 Å². The Balaban J connectivity index is 0.000000787. The largest absolute Gasteiger partial charge is 0.347 e. The summed E-state index contributed by atoms with van der Waals surface area (Å²) < 4.78 is 5.23. The van der Waals surface area contributed by atoms with E-state index in [0.717, 1.165) is 39.6 Å². The van der Waals surface area contributed by atoms with Gasteiger partial charge in [-0.05, 0) is 52.7 Å². The summed E-state index contributed by atoms with van der Waals surface area (Å²) >= 11 is 1.41. The molecule has 1 aliphatic carbocycles. The number of hydrogen-bond donors (Lipinski definition) is 5. The first-order chi connectivity index (χ1) is 19.0. The molecule has 2 aromatic heterocycles. The normalized spacial score (nSPS) is 13.3. The lowest BCUT2D eigenvalue weighted by atomic mass is 10.0. The van der Waals surface area contributed by atoms with Crippen LogP contribution in [0.3, 0.4) is 0 Å². The van der Waals surface area contributed by atoms with Crippen molar-refractivity contribution >= 4 is 40.2 Å². The van der Waals surface area contributed by atoms with Crippen molar-refractivity contribution in [3.8, 4) is 0 Å². The number of fused-ring (bicyclic) bond motifs is 2. The monoisotopic (exact) mass is 547 g/mol. The molecule has 0 spiro atoms. The molecule has 0 fully saturated rings. The van der Waals surface area contributed by atoms with E-state index in [1.165, 1.54) is 29.5 Å². The number of hydrazone groups is 1. The number of rotatable bonds is 7. The number of nitrogens with one attached hydrogen (secondary N) is 3. The molecule has 1 aliphatic rings. The van der Waals surface area contributed by atoms with Gasteiger partial charge in [-0.3, -0.25) is 20.9 Å². The quantitative estimate of drug-likeness (QED) is 0.133. The van der Waals surface area contributed by atoms with Gasteiger partial charge in [0.1, 0.15) is 17.7 Å². The van der Waals surface area contributed by atoms with Crippen LogP contribution >= 0.6 is 11.5 Å². The Morgan fingerprint density at radius 3 is 2.49 bits per heavy atom. The smallest absolute Gasteiger partial charge is 0.270 e. The number of nitrogens with two attached hydrogens (primary N) is 2. The van der Waals surface area contributed by atoms with Gasteiger partial charge >= 0.3 is 0 Å². The van der Waals surface area contributed by atoms with Crippen molar-refractivity contribution in [1.29, 1.82) is 0 Å². The Morgan fingerprint density at radius 2 is 1.74 bits per heavy atom. The van der Waals surface area contributed by atoms with E-state index >= 15 is 0 Å². The zero-order valence-electron chi connectivity index (χ0n) is 22.0. The summed E-state index contributed by atoms with van der Waals surface area (Å²) in [5, 5.41) is 9.71. The maximum absolute atomic E-state index is 12.9. The maximum Gasteiger partial charge on any atom is 0.270 e. The predicted octanol–water partition coefficient (Wildman–Crippen LogP) is 2.98. The van der Waals surface area contributed by atoms with Crippen LogP contribution in [0, 0.1) is 0 Å². The van der Waals surface area contributed by atoms with E-state index in [0.29, 0.717) is 13.1 Å². The van der Waals surface area contributed by atoms with E-state index in [4.69, 9.17) is 5.84 Å². The van der Waals surface area contributed by atoms with Gasteiger partial charge in [0.2, 0.25) is 0 Å². The van der Waals surface area contributed by atoms with Gasteiger partial charge in [0.25, 0.3) is 11.8 Å². The van der Waals surface area contributed by atoms with Crippen LogP contribution in [0.15, 0.2) is 60.1 Å². The zero-order chi connectivity index (χ0) is 28.2. The Labute approximate surface area is 231 Å². The molecular weight excluding hydrogens is 514 g/mol. The highest BCUT2D eigenvalue weighted by Gasteiger charge is 2.25. The Morgan fingerprint density at radius 1 is 1.05 bits per heavy atom. The van der Waals surface area contributed by atoms with Gasteiger partial charge in [-0.25, -0.2) is 9.97 Å². The van der Waals surface area contributed by atoms with Gasteiger partial charge in [-0.2, -0.15) is 9.47 Å². The average molecular weight is 548 g/mol. The first-order valence-corrected chi connectivity index (χ1v) is 13.2. The molecule has 5 rings (SSSR count). The first kappa shape index (κ1) is 29.3. The second-order valence-corrected chi connectivity index (χ2v) is 9.16. The minimum atomic E-state index is -0.367. The molecule has 11 nitrogen and oxygen atoms in total. The standard InChI is InChI=1S/C24H23N7O2S.C2H6.CH4N2/c25-29-11-14-2-5-18-16(7-14)4-6-19(18)31-24(33)21-9-20(27-13-28-21)23(32)26-10-15-1-3-17-12-30-34-22(17)8-15;1-2;1-3-2/h1-3,5,7-9,12-13,19,29H,4,6,10-11,25H2,(H,26,32)(H,31,33);1-2H3;1-2H2. The highest BCUT2D eigenvalue weighted by molar-refractivity contribution is 7.13. The molecule has 204 valence electrons. The number of aryl methyl sites for hydroxylation is 1. The highest BCUT2D eigenvalue weighted by Crippen LogP contribution is 2.32. The molecule has 0 saturated carbocycles. The Bertz CT molecular complexity index is 1420. The summed E-state index contributed by atoms with van der Waals surface area (Å²) in [6.45, 7) is 7.83. The van der Waals surface area contributed by atoms with Crippen molar-refractivity contribution < 1.29 is 9.59 Å². The number of carbonyl (C=O) groups is 2. The summed E-state index contributed by atoms with van der Waals surface area (Å²) in [6.07, 6.45) is 4.74. The first-order valence-electron chi connectivity index (χ1n) is 12.5. The van der Waals surface area contributed by atoms with E-state index in [2.05, 4.69) is 54.1 Å². The number of hydrogen-bond acceptors (Lipinski definition) is 10. The molecule has 0 radical (unpaired) electrons. The summed E-state index contributed by atoms with van der Waals surface area (Å²) in [5.74, 6) is 9.07. The summed E-state index contributed by atoms with van der Waals surface area (Å²) in [7, 11) is 0. The topological polar surface area (TPSA) is 173 Å². The van der Waals surface area contributed by atoms with Crippen LogP contribution < -0.4 is 27.7 Å². The molecule has 1 atom stereocenters. The predicted molar refractivity (Wildman–Crippen MR) is 154 cm³/mol. The lowest BCUT2D eigenvalue weighted by Crippen LogP contribution is -2.29. The third-order valence-electron chi connectivity index (χ3n) is 5.90. The molecule has 0 aliphatic heterocycles. The molecule has 2 aromatic carbocycles. The van der Waals surface area contributed by atoms with Crippen molar-refractivity contribution in [2.45, 2.75) is 45.8 Å². The number of carbonyl (C=O) groups excluding carboxylic acids is 2. The van der Waals surface area contributed by atoms with Gasteiger partial charge < -0.3 is 16.5 Å². The molecule has 0 bridgehead atoms. The number of benzene rings is 2. The Kier molecular flexibility index (Phi) is 11.0. The van der Waals surface area contributed by atoms with Crippen LogP contribution in [0.5, 0.6) is 0 Å². The van der Waals surface area contributed by atoms with Crippen LogP contribution in [0.2, 0.25) is 0 Å². The molecular formula is C27H33N9O2S. The van der Waals surface area contributed by atoms with Crippen LogP contribution in [0.1, 0.15) is 69.5 Å². The van der Waals surface area contributed by atoms with E-state index < -0.39 is 0 Å². The van der Waals surface area contributed by atoms with Crippen LogP contribution in [-0.2, 0) is 19.5 Å². The molecule has 1 unspecified atom stereocenters. The average Bonchev–Trinajstić information content (AvgIpc) is 3.60. The number of amides is 2. The number of nitrogens with zero attached hydrogens (tertiary/aromatic N) is 4. The molecule has 7 N–H and O–H groups in total. The fourth-order valence-corrected chi connectivity index (χ4v) is 4.88. The van der Waals surface area contributed by atoms with Gasteiger partial charge in [-0.1, -0.05) is 44.2 Å². The van der Waals surface area contributed by atoms with Crippen molar-refractivity contribution in [3.05, 3.63) is 88.6 Å². The second-order valence-electron chi connectivity index (χ2n) is 8.33. The third kappa shape index (κ3) is 7.63. The molecule has 2 heterocycles. The maximum atomic E-state index is 12.9. The van der Waals surface area contributed by atoms with Crippen molar-refractivity contribution in [1.82, 2.24) is 30.4 Å². The molecule has 39 heavy (non-hydrogen) atoms. The lowest BCUT2D eigenvalue weighted by Gasteiger charge is -2.14. The minimum Gasteiger partial charge on any atom is -0.347 e. The van der Waals surface area contributed by atoms with Crippen molar-refractivity contribution in [3.63, 3.8) is 0 Å². The second kappa shape index (κ2) is 14.6. The van der Waals surface area contributed by atoms with Gasteiger partial charge in [0.05, 0.1) is 10.7 Å². The van der Waals surface area contributed by atoms with Crippen molar-refractivity contribution in [2.24, 2.45) is 16.8 Å². The fraction of sp³-hybridized carbons (Fsp3) is 0.259. The summed E-state index contributed by atoms with van der Waals surface area (Å²) in [5.41, 5.74) is 7.33. The lowest BCUT2D eigenvalue weighted by molar-refractivity contribution is 0.0931. The molecule has 0 saturated heterocycles. The number of aromatic nitrogens is 3.